The number of allylic oxidation sites excluding steroid dienone is 2. The summed E-state index contributed by atoms with van der Waals surface area (Å²) in [6.45, 7) is 14.2. The Kier molecular flexibility index (Phi) is 13.4. The third-order valence-corrected chi connectivity index (χ3v) is 8.52. The second-order valence-electron chi connectivity index (χ2n) is 12.5. The molecular formula is C42H44CoN2O4. The van der Waals surface area contributed by atoms with Crippen LogP contribution in [0.2, 0.25) is 0 Å². The van der Waals surface area contributed by atoms with Gasteiger partial charge in [0.25, 0.3) is 0 Å². The van der Waals surface area contributed by atoms with Crippen molar-refractivity contribution >= 4 is 23.1 Å². The smallest absolute Gasteiger partial charge is 0.198 e. The molecule has 2 atom stereocenters. The van der Waals surface area contributed by atoms with E-state index in [9.17, 15) is 19.2 Å². The Morgan fingerprint density at radius 3 is 1.06 bits per heavy atom. The fraction of sp³-hybridized carbons (Fsp3) is 0.238. The molecule has 7 heteroatoms. The maximum Gasteiger partial charge on any atom is 0.198 e. The van der Waals surface area contributed by atoms with Crippen molar-refractivity contribution in [2.24, 2.45) is 0 Å². The molecule has 0 spiro atoms. The summed E-state index contributed by atoms with van der Waals surface area (Å²) in [5, 5.41) is 6.78. The van der Waals surface area contributed by atoms with Gasteiger partial charge in [0.2, 0.25) is 0 Å². The van der Waals surface area contributed by atoms with Crippen LogP contribution < -0.4 is 10.6 Å². The Morgan fingerprint density at radius 2 is 0.796 bits per heavy atom. The minimum atomic E-state index is -0.529. The van der Waals surface area contributed by atoms with E-state index >= 15 is 0 Å². The number of rotatable bonds is 13. The van der Waals surface area contributed by atoms with E-state index in [1.165, 1.54) is 26.2 Å². The molecular weight excluding hydrogens is 655 g/mol. The summed E-state index contributed by atoms with van der Waals surface area (Å²) in [6.07, 6.45) is 3.00. The van der Waals surface area contributed by atoms with Crippen LogP contribution >= 0.6 is 0 Å². The molecule has 4 aromatic carbocycles. The van der Waals surface area contributed by atoms with E-state index in [0.717, 1.165) is 44.5 Å². The van der Waals surface area contributed by atoms with Gasteiger partial charge in [-0.25, -0.2) is 0 Å². The number of aryl methyl sites for hydroxylation is 6. The first-order valence-electron chi connectivity index (χ1n) is 16.1. The van der Waals surface area contributed by atoms with Crippen molar-refractivity contribution in [3.8, 4) is 0 Å². The van der Waals surface area contributed by atoms with E-state index < -0.39 is 12.1 Å². The van der Waals surface area contributed by atoms with E-state index in [-0.39, 0.29) is 51.1 Å². The average Bonchev–Trinajstić information content (AvgIpc) is 3.01. The molecule has 1 radical (unpaired) electrons. The monoisotopic (exact) mass is 699 g/mol. The van der Waals surface area contributed by atoms with Crippen molar-refractivity contribution in [3.63, 3.8) is 0 Å². The molecule has 0 amide bonds. The summed E-state index contributed by atoms with van der Waals surface area (Å²) in [4.78, 5) is 53.7. The van der Waals surface area contributed by atoms with Gasteiger partial charge in [-0.3, -0.25) is 19.2 Å². The van der Waals surface area contributed by atoms with Crippen molar-refractivity contribution in [1.29, 1.82) is 0 Å². The molecule has 0 aliphatic carbocycles. The van der Waals surface area contributed by atoms with Crippen LogP contribution in [0, 0.1) is 41.5 Å². The number of hydrogen-bond acceptors (Lipinski definition) is 6. The van der Waals surface area contributed by atoms with E-state index in [2.05, 4.69) is 10.6 Å². The van der Waals surface area contributed by atoms with Gasteiger partial charge in [-0.1, -0.05) is 96.1 Å². The largest absolute Gasteiger partial charge is 0.381 e. The quantitative estimate of drug-likeness (QED) is 0.0633. The molecule has 0 aliphatic rings. The molecule has 4 aromatic rings. The van der Waals surface area contributed by atoms with Crippen LogP contribution in [0.5, 0.6) is 0 Å². The summed E-state index contributed by atoms with van der Waals surface area (Å²) in [5.41, 5.74) is 8.09. The summed E-state index contributed by atoms with van der Waals surface area (Å²) in [5.74, 6) is -1.43. The van der Waals surface area contributed by atoms with E-state index in [1.807, 2.05) is 126 Å². The third kappa shape index (κ3) is 9.19. The molecule has 0 bridgehead atoms. The van der Waals surface area contributed by atoms with Gasteiger partial charge in [0, 0.05) is 40.3 Å². The van der Waals surface area contributed by atoms with E-state index in [1.54, 1.807) is 0 Å². The predicted molar refractivity (Wildman–Crippen MR) is 192 cm³/mol. The molecule has 0 saturated carbocycles. The number of benzene rings is 4. The molecule has 0 aliphatic heterocycles. The van der Waals surface area contributed by atoms with Crippen LogP contribution in [0.3, 0.4) is 0 Å². The second kappa shape index (κ2) is 17.0. The topological polar surface area (TPSA) is 92.3 Å². The maximum absolute atomic E-state index is 13.9. The molecule has 0 heterocycles. The standard InChI is InChI=1S/C42H44N2O4.Co/c1-25-19-27(3)37(28(4)20-25)41(47)35(31(7)45)23-43-39(33-15-11-9-12-16-33)40(34-17-13-10-14-18-34)44-24-36(32(8)46)42(48)38-29(5)21-26(2)22-30(38)6;/h9-24,39-40,43-44H,1-8H3;/b35-23+,36-24+;/t39-,40-;/m0./s1. The number of carbonyl (C=O) groups is 4. The van der Waals surface area contributed by atoms with Gasteiger partial charge in [0.15, 0.2) is 23.1 Å². The Bertz CT molecular complexity index is 1740. The van der Waals surface area contributed by atoms with Gasteiger partial charge >= 0.3 is 0 Å². The first-order chi connectivity index (χ1) is 22.8. The Labute approximate surface area is 300 Å². The minimum absolute atomic E-state index is 0. The van der Waals surface area contributed by atoms with E-state index in [0.29, 0.717) is 11.1 Å². The van der Waals surface area contributed by atoms with Crippen molar-refractivity contribution in [1.82, 2.24) is 10.6 Å². The number of hydrogen-bond donors (Lipinski definition) is 2. The number of nitrogens with one attached hydrogen (secondary N) is 2. The zero-order valence-corrected chi connectivity index (χ0v) is 30.4. The van der Waals surface area contributed by atoms with E-state index in [4.69, 9.17) is 0 Å². The Balaban J connectivity index is 0.00000650. The van der Waals surface area contributed by atoms with Gasteiger partial charge < -0.3 is 10.6 Å². The first-order valence-corrected chi connectivity index (χ1v) is 16.1. The molecule has 0 aromatic heterocycles. The molecule has 0 fully saturated rings. The van der Waals surface area contributed by atoms with Gasteiger partial charge in [0.1, 0.15) is 0 Å². The van der Waals surface area contributed by atoms with Crippen LogP contribution in [-0.2, 0) is 26.4 Å². The number of carbonyl (C=O) groups excluding carboxylic acids is 4. The van der Waals surface area contributed by atoms with Gasteiger partial charge in [-0.15, -0.1) is 0 Å². The second-order valence-corrected chi connectivity index (χ2v) is 12.5. The normalized spacial score (nSPS) is 12.7. The first kappa shape index (κ1) is 38.6. The summed E-state index contributed by atoms with van der Waals surface area (Å²) >= 11 is 0. The van der Waals surface area contributed by atoms with Crippen LogP contribution in [0.4, 0.5) is 0 Å². The maximum atomic E-state index is 13.9. The zero-order chi connectivity index (χ0) is 35.1. The number of ketones is 4. The predicted octanol–water partition coefficient (Wildman–Crippen LogP) is 8.21. The average molecular weight is 700 g/mol. The Hall–Kier alpha value is -4.85. The summed E-state index contributed by atoms with van der Waals surface area (Å²) in [7, 11) is 0. The molecule has 0 saturated heterocycles. The molecule has 255 valence electrons. The SMILES string of the molecule is CC(=O)/C(=C\N[C@@H](c1ccccc1)[C@@H](N/C=C(\C(C)=O)C(=O)c1c(C)cc(C)cc1C)c1ccccc1)C(=O)c1c(C)cc(C)cc1C.[Co]. The van der Waals surface area contributed by atoms with Crippen molar-refractivity contribution in [3.05, 3.63) is 164 Å². The van der Waals surface area contributed by atoms with Crippen molar-refractivity contribution in [2.45, 2.75) is 67.5 Å². The summed E-state index contributed by atoms with van der Waals surface area (Å²) in [6, 6.07) is 26.0. The fourth-order valence-corrected chi connectivity index (χ4v) is 6.44. The minimum Gasteiger partial charge on any atom is -0.381 e. The molecule has 6 nitrogen and oxygen atoms in total. The van der Waals surface area contributed by atoms with Crippen LogP contribution in [0.15, 0.2) is 108 Å². The van der Waals surface area contributed by atoms with Crippen LogP contribution in [0.1, 0.15) is 91.2 Å². The molecule has 0 unspecified atom stereocenters. The molecule has 2 N–H and O–H groups in total. The van der Waals surface area contributed by atoms with Crippen molar-refractivity contribution < 1.29 is 36.0 Å². The Morgan fingerprint density at radius 1 is 0.510 bits per heavy atom. The third-order valence-electron chi connectivity index (χ3n) is 8.52. The molecule has 4 rings (SSSR count). The van der Waals surface area contributed by atoms with Gasteiger partial charge in [0.05, 0.1) is 23.2 Å². The van der Waals surface area contributed by atoms with Gasteiger partial charge in [-0.2, -0.15) is 0 Å². The number of Topliss-reactive ketones (excluding diaryl/α,β-unsaturated/α-hetero) is 4. The van der Waals surface area contributed by atoms with Crippen molar-refractivity contribution in [2.75, 3.05) is 0 Å². The van der Waals surface area contributed by atoms with Crippen LogP contribution in [0.25, 0.3) is 0 Å². The summed E-state index contributed by atoms with van der Waals surface area (Å²) < 4.78 is 0. The van der Waals surface area contributed by atoms with Gasteiger partial charge in [-0.05, 0) is 88.8 Å². The molecule has 49 heavy (non-hydrogen) atoms. The zero-order valence-electron chi connectivity index (χ0n) is 29.4. The fourth-order valence-electron chi connectivity index (χ4n) is 6.44. The van der Waals surface area contributed by atoms with Crippen LogP contribution in [-0.4, -0.2) is 23.1 Å².